The van der Waals surface area contributed by atoms with E-state index in [-0.39, 0.29) is 18.6 Å². The molecular weight excluding hydrogens is 808 g/mol. The van der Waals surface area contributed by atoms with Crippen LogP contribution in [0.2, 0.25) is 0 Å². The molecule has 10 heteroatoms. The molecule has 0 bridgehead atoms. The van der Waals surface area contributed by atoms with Gasteiger partial charge in [0.05, 0.1) is 17.9 Å². The summed E-state index contributed by atoms with van der Waals surface area (Å²) in [6.45, 7) is 10.3. The van der Waals surface area contributed by atoms with E-state index in [1.54, 1.807) is 0 Å². The van der Waals surface area contributed by atoms with Gasteiger partial charge in [-0.3, -0.25) is 0 Å². The van der Waals surface area contributed by atoms with E-state index in [4.69, 9.17) is 9.47 Å². The molecule has 2 fully saturated rings. The van der Waals surface area contributed by atoms with Crippen LogP contribution in [0.3, 0.4) is 0 Å². The van der Waals surface area contributed by atoms with E-state index in [0.717, 1.165) is 55.2 Å². The van der Waals surface area contributed by atoms with Crippen LogP contribution in [0.1, 0.15) is 76.3 Å². The third-order valence-electron chi connectivity index (χ3n) is 8.62. The van der Waals surface area contributed by atoms with Crippen molar-refractivity contribution in [2.24, 2.45) is 0 Å². The Morgan fingerprint density at radius 3 is 1.21 bits per heavy atom. The van der Waals surface area contributed by atoms with Crippen molar-refractivity contribution in [2.45, 2.75) is 82.8 Å². The van der Waals surface area contributed by atoms with E-state index in [2.05, 4.69) is 112 Å². The Hall–Kier alpha value is -0.200. The number of hydrogen-bond donors (Lipinski definition) is 2. The minimum absolute atomic E-state index is 0.241. The van der Waals surface area contributed by atoms with Crippen LogP contribution in [-0.4, -0.2) is 84.7 Å². The number of β-amino-alcohol motifs (C(OH)–C–C–N with tert-alkyl or cyclic N) is 2. The fourth-order valence-electron chi connectivity index (χ4n) is 5.98. The Balaban J connectivity index is 1.39. The van der Waals surface area contributed by atoms with Gasteiger partial charge in [0.1, 0.15) is 36.9 Å². The molecule has 2 saturated heterocycles. The number of hydrogen-bond acceptors (Lipinski definition) is 6. The highest BCUT2D eigenvalue weighted by Crippen LogP contribution is 2.44. The first-order valence-electron chi connectivity index (χ1n) is 15.6. The summed E-state index contributed by atoms with van der Waals surface area (Å²) < 4.78 is 15.6. The lowest BCUT2D eigenvalue weighted by Crippen LogP contribution is -2.36. The number of likely N-dealkylation sites (tertiary alicyclic amines) is 2. The van der Waals surface area contributed by atoms with Gasteiger partial charge in [0.2, 0.25) is 0 Å². The monoisotopic (exact) mass is 850 g/mol. The molecule has 2 aliphatic rings. The first-order chi connectivity index (χ1) is 20.5. The second-order valence-electron chi connectivity index (χ2n) is 12.5. The summed E-state index contributed by atoms with van der Waals surface area (Å²) in [6, 6.07) is 8.36. The molecule has 2 atom stereocenters. The highest BCUT2D eigenvalue weighted by atomic mass is 79.9. The summed E-state index contributed by atoms with van der Waals surface area (Å²) in [7, 11) is 0. The molecule has 2 aromatic rings. The van der Waals surface area contributed by atoms with Crippen LogP contribution in [0.5, 0.6) is 11.5 Å². The average molecular weight is 854 g/mol. The maximum Gasteiger partial charge on any atom is 0.147 e. The summed E-state index contributed by atoms with van der Waals surface area (Å²) >= 11 is 14.9. The van der Waals surface area contributed by atoms with Gasteiger partial charge in [-0.05, 0) is 151 Å². The van der Waals surface area contributed by atoms with E-state index < -0.39 is 12.2 Å². The van der Waals surface area contributed by atoms with Crippen molar-refractivity contribution in [2.75, 3.05) is 52.5 Å². The summed E-state index contributed by atoms with van der Waals surface area (Å²) in [4.78, 5) is 4.70. The summed E-state index contributed by atoms with van der Waals surface area (Å²) in [6.07, 6.45) is 8.83. The minimum Gasteiger partial charge on any atom is -0.488 e. The van der Waals surface area contributed by atoms with E-state index in [0.29, 0.717) is 24.6 Å². The molecule has 0 amide bonds. The maximum atomic E-state index is 10.7. The topological polar surface area (TPSA) is 65.4 Å². The lowest BCUT2D eigenvalue weighted by atomic mass is 9.78. The average Bonchev–Trinajstić information content (AvgIpc) is 3.37. The SMILES string of the molecule is CC(C)(c1cc(Br)c(OCC(O)CN2CCCCCC2)c(Br)c1)c1cc(Br)c(OCC(O)CN2CCCCCC2)c(Br)c1. The number of aliphatic hydroxyl groups excluding tert-OH is 2. The lowest BCUT2D eigenvalue weighted by molar-refractivity contribution is 0.0687. The van der Waals surface area contributed by atoms with Crippen LogP contribution < -0.4 is 9.47 Å². The minimum atomic E-state index is -0.543. The Bertz CT molecular complexity index is 1050. The highest BCUT2D eigenvalue weighted by Gasteiger charge is 2.28. The standard InChI is InChI=1S/C33H46Br4N2O4/c1-33(2,23-15-27(34)31(28(35)16-23)42-21-25(40)19-38-11-7-3-4-8-12-38)24-17-29(36)32(30(37)18-24)43-22-26(41)20-39-13-9-5-6-10-14-39/h15-18,25-26,40-41H,3-14,19-22H2,1-2H3. The van der Waals surface area contributed by atoms with E-state index >= 15 is 0 Å². The zero-order valence-corrected chi connectivity index (χ0v) is 31.7. The zero-order chi connectivity index (χ0) is 31.0. The van der Waals surface area contributed by atoms with Crippen LogP contribution in [-0.2, 0) is 5.41 Å². The van der Waals surface area contributed by atoms with Gasteiger partial charge >= 0.3 is 0 Å². The first kappa shape index (κ1) is 35.7. The van der Waals surface area contributed by atoms with Gasteiger partial charge in [-0.2, -0.15) is 0 Å². The fraction of sp³-hybridized carbons (Fsp3) is 0.636. The largest absolute Gasteiger partial charge is 0.488 e. The van der Waals surface area contributed by atoms with Crippen LogP contribution in [0.15, 0.2) is 42.2 Å². The van der Waals surface area contributed by atoms with Crippen molar-refractivity contribution in [3.63, 3.8) is 0 Å². The normalized spacial score (nSPS) is 19.0. The second-order valence-corrected chi connectivity index (χ2v) is 15.9. The quantitative estimate of drug-likeness (QED) is 0.224. The molecule has 4 rings (SSSR count). The van der Waals surface area contributed by atoms with Crippen molar-refractivity contribution in [3.05, 3.63) is 53.3 Å². The van der Waals surface area contributed by atoms with Crippen molar-refractivity contribution < 1.29 is 19.7 Å². The van der Waals surface area contributed by atoms with Gasteiger partial charge in [-0.25, -0.2) is 0 Å². The molecular formula is C33H46Br4N2O4. The summed E-state index contributed by atoms with van der Waals surface area (Å²) in [5.41, 5.74) is 1.86. The molecule has 0 aliphatic carbocycles. The Morgan fingerprint density at radius 2 is 0.907 bits per heavy atom. The molecule has 0 saturated carbocycles. The Kier molecular flexibility index (Phi) is 14.2. The van der Waals surface area contributed by atoms with Crippen LogP contribution >= 0.6 is 63.7 Å². The van der Waals surface area contributed by atoms with E-state index in [9.17, 15) is 10.2 Å². The van der Waals surface area contributed by atoms with Crippen LogP contribution in [0.25, 0.3) is 0 Å². The van der Waals surface area contributed by atoms with Gasteiger partial charge in [-0.15, -0.1) is 0 Å². The predicted molar refractivity (Wildman–Crippen MR) is 189 cm³/mol. The van der Waals surface area contributed by atoms with E-state index in [1.165, 1.54) is 51.4 Å². The smallest absolute Gasteiger partial charge is 0.147 e. The van der Waals surface area contributed by atoms with Crippen LogP contribution in [0, 0.1) is 0 Å². The van der Waals surface area contributed by atoms with Gasteiger partial charge < -0.3 is 29.5 Å². The maximum absolute atomic E-state index is 10.7. The molecule has 2 heterocycles. The third-order valence-corrected chi connectivity index (χ3v) is 11.0. The number of aliphatic hydroxyl groups is 2. The lowest BCUT2D eigenvalue weighted by Gasteiger charge is -2.29. The van der Waals surface area contributed by atoms with Crippen molar-refractivity contribution in [1.29, 1.82) is 0 Å². The van der Waals surface area contributed by atoms with Gasteiger partial charge in [-0.1, -0.05) is 39.5 Å². The molecule has 2 unspecified atom stereocenters. The number of rotatable bonds is 12. The Labute approximate surface area is 291 Å². The molecule has 0 aromatic heterocycles. The first-order valence-corrected chi connectivity index (χ1v) is 18.8. The van der Waals surface area contributed by atoms with Gasteiger partial charge in [0.15, 0.2) is 0 Å². The molecule has 2 aromatic carbocycles. The second kappa shape index (κ2) is 17.1. The van der Waals surface area contributed by atoms with Crippen molar-refractivity contribution >= 4 is 63.7 Å². The summed E-state index contributed by atoms with van der Waals surface area (Å²) in [5.74, 6) is 1.39. The summed E-state index contributed by atoms with van der Waals surface area (Å²) in [5, 5.41) is 21.3. The number of nitrogens with zero attached hydrogens (tertiary/aromatic N) is 2. The van der Waals surface area contributed by atoms with Gasteiger partial charge in [0.25, 0.3) is 0 Å². The third kappa shape index (κ3) is 10.4. The number of ether oxygens (including phenoxy) is 2. The van der Waals surface area contributed by atoms with Gasteiger partial charge in [0, 0.05) is 18.5 Å². The molecule has 240 valence electrons. The Morgan fingerprint density at radius 1 is 0.605 bits per heavy atom. The molecule has 43 heavy (non-hydrogen) atoms. The van der Waals surface area contributed by atoms with Crippen LogP contribution in [0.4, 0.5) is 0 Å². The van der Waals surface area contributed by atoms with E-state index in [1.807, 2.05) is 0 Å². The molecule has 0 spiro atoms. The predicted octanol–water partition coefficient (Wildman–Crippen LogP) is 8.29. The van der Waals surface area contributed by atoms with Crippen molar-refractivity contribution in [3.8, 4) is 11.5 Å². The zero-order valence-electron chi connectivity index (χ0n) is 25.4. The highest BCUT2D eigenvalue weighted by molar-refractivity contribution is 9.11. The molecule has 0 radical (unpaired) electrons. The fourth-order valence-corrected chi connectivity index (χ4v) is 8.81. The number of halogens is 4. The molecule has 2 aliphatic heterocycles. The number of benzene rings is 2. The molecule has 2 N–H and O–H groups in total. The van der Waals surface area contributed by atoms with Crippen molar-refractivity contribution in [1.82, 2.24) is 9.80 Å². The molecule has 6 nitrogen and oxygen atoms in total.